The second-order valence-electron chi connectivity index (χ2n) is 1.96. The van der Waals surface area contributed by atoms with E-state index in [9.17, 15) is 13.4 Å². The summed E-state index contributed by atoms with van der Waals surface area (Å²) < 4.78 is 23.4. The van der Waals surface area contributed by atoms with E-state index in [1.807, 2.05) is 0 Å². The lowest BCUT2D eigenvalue weighted by atomic mass is 10.5. The fourth-order valence-corrected chi connectivity index (χ4v) is 1.26. The largest absolute Gasteiger partial charge is 0.326 e. The number of nitrogens with one attached hydrogen (secondary N) is 1. The third-order valence-corrected chi connectivity index (χ3v) is 2.08. The van der Waals surface area contributed by atoms with E-state index in [1.54, 1.807) is 0 Å². The summed E-state index contributed by atoms with van der Waals surface area (Å²) in [5.41, 5.74) is -0.448. The molecule has 0 aliphatic rings. The van der Waals surface area contributed by atoms with Crippen molar-refractivity contribution in [2.45, 2.75) is 4.90 Å². The van der Waals surface area contributed by atoms with Crippen LogP contribution in [0.5, 0.6) is 0 Å². The van der Waals surface area contributed by atoms with Gasteiger partial charge in [-0.15, -0.1) is 0 Å². The minimum Gasteiger partial charge on any atom is -0.326 e. The number of aromatic amines is 1. The summed E-state index contributed by atoms with van der Waals surface area (Å²) in [6.07, 6.45) is 2.22. The Labute approximate surface area is 64.7 Å². The number of pyridine rings is 1. The van der Waals surface area contributed by atoms with Crippen LogP contribution in [-0.2, 0) is 10.8 Å². The molecule has 1 aromatic heterocycles. The van der Waals surface area contributed by atoms with E-state index in [1.165, 1.54) is 6.26 Å². The first-order valence-electron chi connectivity index (χ1n) is 2.83. The summed E-state index contributed by atoms with van der Waals surface area (Å²) in [6, 6.07) is 0.992. The molecule has 0 fully saturated rings. The highest BCUT2D eigenvalue weighted by Gasteiger charge is 2.05. The summed E-state index contributed by atoms with van der Waals surface area (Å²) >= 11 is 0. The summed E-state index contributed by atoms with van der Waals surface area (Å²) in [7, 11) is -1.45. The van der Waals surface area contributed by atoms with Gasteiger partial charge in [0, 0.05) is 18.5 Å². The van der Waals surface area contributed by atoms with E-state index in [0.29, 0.717) is 0 Å². The highest BCUT2D eigenvalue weighted by Crippen LogP contribution is 2.05. The molecule has 0 spiro atoms. The van der Waals surface area contributed by atoms with E-state index >= 15 is 0 Å². The highest BCUT2D eigenvalue weighted by atomic mass is 32.2. The highest BCUT2D eigenvalue weighted by molar-refractivity contribution is 7.84. The van der Waals surface area contributed by atoms with Gasteiger partial charge in [0.2, 0.25) is 5.56 Å². The number of halogens is 1. The van der Waals surface area contributed by atoms with E-state index < -0.39 is 22.2 Å². The summed E-state index contributed by atoms with van der Waals surface area (Å²) in [5, 5.41) is 0. The molecule has 1 unspecified atom stereocenters. The van der Waals surface area contributed by atoms with Crippen molar-refractivity contribution in [3.63, 3.8) is 0 Å². The lowest BCUT2D eigenvalue weighted by Gasteiger charge is -1.94. The molecule has 0 amide bonds. The van der Waals surface area contributed by atoms with Gasteiger partial charge in [-0.1, -0.05) is 0 Å². The van der Waals surface area contributed by atoms with Crippen molar-refractivity contribution in [3.8, 4) is 0 Å². The third-order valence-electron chi connectivity index (χ3n) is 1.15. The van der Waals surface area contributed by atoms with Crippen LogP contribution in [0.4, 0.5) is 4.39 Å². The van der Waals surface area contributed by atoms with Crippen molar-refractivity contribution in [3.05, 3.63) is 28.4 Å². The number of hydrogen-bond donors (Lipinski definition) is 1. The first-order valence-corrected chi connectivity index (χ1v) is 4.38. The maximum atomic E-state index is 12.7. The summed E-state index contributed by atoms with van der Waals surface area (Å²) in [4.78, 5) is 12.7. The average Bonchev–Trinajstić information content (AvgIpc) is 1.94. The van der Waals surface area contributed by atoms with E-state index in [0.717, 1.165) is 12.3 Å². The first kappa shape index (κ1) is 8.13. The molecule has 1 rings (SSSR count). The van der Waals surface area contributed by atoms with Gasteiger partial charge in [-0.25, -0.2) is 4.39 Å². The molecule has 0 aliphatic heterocycles. The van der Waals surface area contributed by atoms with Crippen LogP contribution >= 0.6 is 0 Å². The molecule has 0 aromatic carbocycles. The molecule has 0 radical (unpaired) electrons. The van der Waals surface area contributed by atoms with Gasteiger partial charge >= 0.3 is 0 Å². The molecule has 1 heterocycles. The van der Waals surface area contributed by atoms with Crippen molar-refractivity contribution in [2.75, 3.05) is 6.26 Å². The minimum absolute atomic E-state index is 0.0613. The Morgan fingerprint density at radius 1 is 1.64 bits per heavy atom. The Balaban J connectivity index is 3.35. The van der Waals surface area contributed by atoms with Crippen LogP contribution in [0.2, 0.25) is 0 Å². The van der Waals surface area contributed by atoms with Crippen LogP contribution in [0.1, 0.15) is 0 Å². The van der Waals surface area contributed by atoms with Crippen molar-refractivity contribution >= 4 is 10.8 Å². The molecule has 1 aromatic rings. The van der Waals surface area contributed by atoms with Crippen molar-refractivity contribution < 1.29 is 8.60 Å². The maximum Gasteiger partial charge on any atom is 0.249 e. The fourth-order valence-electron chi connectivity index (χ4n) is 0.656. The normalized spacial score (nSPS) is 12.9. The van der Waals surface area contributed by atoms with Gasteiger partial charge in [0.05, 0.1) is 15.7 Å². The van der Waals surface area contributed by atoms with Crippen LogP contribution in [0.15, 0.2) is 22.0 Å². The Kier molecular flexibility index (Phi) is 2.19. The molecule has 60 valence electrons. The first-order chi connectivity index (χ1) is 5.11. The topological polar surface area (TPSA) is 49.9 Å². The number of rotatable bonds is 1. The SMILES string of the molecule is CS(=O)c1cc(=O)[nH]cc1F. The maximum absolute atomic E-state index is 12.7. The monoisotopic (exact) mass is 175 g/mol. The van der Waals surface area contributed by atoms with Crippen molar-refractivity contribution in [1.29, 1.82) is 0 Å². The molecule has 11 heavy (non-hydrogen) atoms. The predicted molar refractivity (Wildman–Crippen MR) is 39.4 cm³/mol. The Morgan fingerprint density at radius 3 is 2.73 bits per heavy atom. The molecule has 0 bridgehead atoms. The Bertz CT molecular complexity index is 347. The third kappa shape index (κ3) is 1.74. The second kappa shape index (κ2) is 2.96. The summed E-state index contributed by atoms with van der Waals surface area (Å²) in [5.74, 6) is -0.648. The molecule has 3 nitrogen and oxygen atoms in total. The second-order valence-corrected chi connectivity index (χ2v) is 3.31. The van der Waals surface area contributed by atoms with Crippen LogP contribution in [0.25, 0.3) is 0 Å². The lowest BCUT2D eigenvalue weighted by molar-refractivity contribution is 0.587. The minimum atomic E-state index is -1.45. The fraction of sp³-hybridized carbons (Fsp3) is 0.167. The van der Waals surface area contributed by atoms with Crippen LogP contribution in [-0.4, -0.2) is 15.4 Å². The average molecular weight is 175 g/mol. The molecular weight excluding hydrogens is 169 g/mol. The standard InChI is InChI=1S/C6H6FNO2S/c1-11(10)5-2-6(9)8-3-4(5)7/h2-3H,1H3,(H,8,9). The number of hydrogen-bond acceptors (Lipinski definition) is 2. The quantitative estimate of drug-likeness (QED) is 0.665. The Hall–Kier alpha value is -0.970. The Morgan fingerprint density at radius 2 is 2.27 bits per heavy atom. The van der Waals surface area contributed by atoms with Gasteiger partial charge < -0.3 is 4.98 Å². The van der Waals surface area contributed by atoms with E-state index in [-0.39, 0.29) is 4.90 Å². The van der Waals surface area contributed by atoms with Gasteiger partial charge in [-0.3, -0.25) is 9.00 Å². The zero-order chi connectivity index (χ0) is 8.43. The van der Waals surface area contributed by atoms with Gasteiger partial charge in [-0.05, 0) is 0 Å². The van der Waals surface area contributed by atoms with Crippen molar-refractivity contribution in [1.82, 2.24) is 4.98 Å². The zero-order valence-corrected chi connectivity index (χ0v) is 6.57. The molecule has 0 saturated carbocycles. The predicted octanol–water partition coefficient (Wildman–Crippen LogP) is 0.251. The smallest absolute Gasteiger partial charge is 0.249 e. The lowest BCUT2D eigenvalue weighted by Crippen LogP contribution is -2.07. The van der Waals surface area contributed by atoms with E-state index in [4.69, 9.17) is 0 Å². The van der Waals surface area contributed by atoms with E-state index in [2.05, 4.69) is 4.98 Å². The number of H-pyrrole nitrogens is 1. The summed E-state index contributed by atoms with van der Waals surface area (Å²) in [6.45, 7) is 0. The van der Waals surface area contributed by atoms with Crippen LogP contribution in [0, 0.1) is 5.82 Å². The molecule has 5 heteroatoms. The molecule has 1 atom stereocenters. The van der Waals surface area contributed by atoms with Gasteiger partial charge in [0.25, 0.3) is 0 Å². The molecule has 0 aliphatic carbocycles. The van der Waals surface area contributed by atoms with Crippen LogP contribution < -0.4 is 5.56 Å². The van der Waals surface area contributed by atoms with Gasteiger partial charge in [0.15, 0.2) is 5.82 Å². The molecular formula is C6H6FNO2S. The number of aromatic nitrogens is 1. The van der Waals surface area contributed by atoms with Crippen molar-refractivity contribution in [2.24, 2.45) is 0 Å². The molecule has 0 saturated heterocycles. The zero-order valence-electron chi connectivity index (χ0n) is 5.76. The van der Waals surface area contributed by atoms with Gasteiger partial charge in [-0.2, -0.15) is 0 Å². The van der Waals surface area contributed by atoms with Gasteiger partial charge in [0.1, 0.15) is 0 Å². The van der Waals surface area contributed by atoms with Crippen LogP contribution in [0.3, 0.4) is 0 Å². The molecule has 1 N–H and O–H groups in total.